The second kappa shape index (κ2) is 7.73. The first-order valence-corrected chi connectivity index (χ1v) is 12.3. The number of nitrogens with zero attached hydrogens (tertiary/aromatic N) is 2. The maximum Gasteiger partial charge on any atom is 0.277 e. The third kappa shape index (κ3) is 4.00. The van der Waals surface area contributed by atoms with Crippen LogP contribution in [0, 0.1) is 23.2 Å². The molecule has 1 atom stereocenters. The average molecular weight is 476 g/mol. The van der Waals surface area contributed by atoms with E-state index in [-0.39, 0.29) is 11.9 Å². The third-order valence-electron chi connectivity index (χ3n) is 7.21. The molecule has 4 fully saturated rings. The minimum atomic E-state index is 0.0571. The van der Waals surface area contributed by atoms with E-state index in [4.69, 9.17) is 4.42 Å². The number of halogens is 1. The van der Waals surface area contributed by atoms with E-state index in [0.717, 1.165) is 27.8 Å². The van der Waals surface area contributed by atoms with Gasteiger partial charge in [0.15, 0.2) is 0 Å². The molecule has 1 N–H and O–H groups in total. The van der Waals surface area contributed by atoms with Gasteiger partial charge in [0.25, 0.3) is 5.22 Å². The molecule has 1 unspecified atom stereocenters. The average Bonchev–Trinajstić information content (AvgIpc) is 3.15. The standard InChI is InChI=1S/C22H26BrN3O2S/c1-13(22-9-14-6-15(10-22)8-16(7-14)11-22)24-19(27)12-29-21-26-25-20(28-21)17-2-4-18(23)5-3-17/h2-5,13-16H,6-12H2,1H3,(H,24,27). The minimum Gasteiger partial charge on any atom is -0.411 e. The van der Waals surface area contributed by atoms with Gasteiger partial charge in [-0.15, -0.1) is 10.2 Å². The Morgan fingerprint density at radius 1 is 1.17 bits per heavy atom. The van der Waals surface area contributed by atoms with Gasteiger partial charge in [-0.05, 0) is 92.9 Å². The van der Waals surface area contributed by atoms with Crippen molar-refractivity contribution in [1.82, 2.24) is 15.5 Å². The Morgan fingerprint density at radius 2 is 1.79 bits per heavy atom. The number of rotatable bonds is 6. The smallest absolute Gasteiger partial charge is 0.277 e. The van der Waals surface area contributed by atoms with Gasteiger partial charge in [0.05, 0.1) is 5.75 Å². The number of carbonyl (C=O) groups excluding carboxylic acids is 1. The summed E-state index contributed by atoms with van der Waals surface area (Å²) in [4.78, 5) is 12.6. The molecule has 1 aromatic carbocycles. The highest BCUT2D eigenvalue weighted by molar-refractivity contribution is 9.10. The van der Waals surface area contributed by atoms with E-state index < -0.39 is 0 Å². The van der Waals surface area contributed by atoms with E-state index >= 15 is 0 Å². The van der Waals surface area contributed by atoms with E-state index in [1.54, 1.807) is 0 Å². The minimum absolute atomic E-state index is 0.0571. The number of thioether (sulfide) groups is 1. The van der Waals surface area contributed by atoms with Crippen LogP contribution in [0.25, 0.3) is 11.5 Å². The van der Waals surface area contributed by atoms with Crippen molar-refractivity contribution in [3.05, 3.63) is 28.7 Å². The lowest BCUT2D eigenvalue weighted by Gasteiger charge is -2.59. The first-order valence-electron chi connectivity index (χ1n) is 10.5. The van der Waals surface area contributed by atoms with Gasteiger partial charge in [0.1, 0.15) is 0 Å². The van der Waals surface area contributed by atoms with Crippen molar-refractivity contribution in [3.63, 3.8) is 0 Å². The van der Waals surface area contributed by atoms with Crippen LogP contribution < -0.4 is 5.32 Å². The summed E-state index contributed by atoms with van der Waals surface area (Å²) in [5.41, 5.74) is 1.20. The molecule has 1 aromatic heterocycles. The summed E-state index contributed by atoms with van der Waals surface area (Å²) in [6.07, 6.45) is 8.17. The predicted octanol–water partition coefficient (Wildman–Crippen LogP) is 5.31. The van der Waals surface area contributed by atoms with Crippen LogP contribution in [-0.2, 0) is 4.79 Å². The zero-order valence-corrected chi connectivity index (χ0v) is 19.0. The van der Waals surface area contributed by atoms with Crippen LogP contribution >= 0.6 is 27.7 Å². The molecule has 0 radical (unpaired) electrons. The molecule has 7 heteroatoms. The molecule has 2 aromatic rings. The van der Waals surface area contributed by atoms with Crippen LogP contribution in [0.4, 0.5) is 0 Å². The summed E-state index contributed by atoms with van der Waals surface area (Å²) in [5, 5.41) is 11.9. The molecular formula is C22H26BrN3O2S. The van der Waals surface area contributed by atoms with Gasteiger partial charge in [0, 0.05) is 16.1 Å². The number of aromatic nitrogens is 2. The molecule has 1 amide bonds. The summed E-state index contributed by atoms with van der Waals surface area (Å²) in [6.45, 7) is 2.22. The highest BCUT2D eigenvalue weighted by atomic mass is 79.9. The zero-order chi connectivity index (χ0) is 20.0. The molecule has 4 bridgehead atoms. The van der Waals surface area contributed by atoms with E-state index in [2.05, 4.69) is 38.4 Å². The second-order valence-electron chi connectivity index (χ2n) is 9.24. The Balaban J connectivity index is 1.16. The Kier molecular flexibility index (Phi) is 5.23. The fraction of sp³-hybridized carbons (Fsp3) is 0.591. The molecule has 6 rings (SSSR count). The van der Waals surface area contributed by atoms with Crippen molar-refractivity contribution in [3.8, 4) is 11.5 Å². The fourth-order valence-electron chi connectivity index (χ4n) is 6.25. The molecule has 154 valence electrons. The number of hydrogen-bond acceptors (Lipinski definition) is 5. The van der Waals surface area contributed by atoms with Gasteiger partial charge < -0.3 is 9.73 Å². The highest BCUT2D eigenvalue weighted by Gasteiger charge is 2.53. The van der Waals surface area contributed by atoms with Crippen LogP contribution in [0.15, 0.2) is 38.4 Å². The molecule has 4 saturated carbocycles. The number of nitrogens with one attached hydrogen (secondary N) is 1. The van der Waals surface area contributed by atoms with E-state index in [1.165, 1.54) is 50.3 Å². The van der Waals surface area contributed by atoms with Crippen molar-refractivity contribution in [2.75, 3.05) is 5.75 Å². The molecule has 4 aliphatic carbocycles. The van der Waals surface area contributed by atoms with Crippen LogP contribution in [0.1, 0.15) is 45.4 Å². The number of benzene rings is 1. The van der Waals surface area contributed by atoms with Crippen LogP contribution in [0.5, 0.6) is 0 Å². The summed E-state index contributed by atoms with van der Waals surface area (Å²) in [6, 6.07) is 7.96. The Bertz CT molecular complexity index is 862. The van der Waals surface area contributed by atoms with Crippen molar-refractivity contribution < 1.29 is 9.21 Å². The van der Waals surface area contributed by atoms with E-state index in [1.807, 2.05) is 24.3 Å². The fourth-order valence-corrected chi connectivity index (χ4v) is 7.09. The maximum atomic E-state index is 12.6. The monoisotopic (exact) mass is 475 g/mol. The number of amides is 1. The maximum absolute atomic E-state index is 12.6. The quantitative estimate of drug-likeness (QED) is 0.573. The SMILES string of the molecule is CC(NC(=O)CSc1nnc(-c2ccc(Br)cc2)o1)C12CC3CC(CC(C3)C1)C2. The topological polar surface area (TPSA) is 68.0 Å². The largest absolute Gasteiger partial charge is 0.411 e. The van der Waals surface area contributed by atoms with Gasteiger partial charge in [-0.1, -0.05) is 27.7 Å². The van der Waals surface area contributed by atoms with Crippen molar-refractivity contribution in [2.45, 2.75) is 56.7 Å². The molecule has 0 spiro atoms. The lowest BCUT2D eigenvalue weighted by atomic mass is 9.48. The third-order valence-corrected chi connectivity index (χ3v) is 8.55. The van der Waals surface area contributed by atoms with Crippen molar-refractivity contribution in [2.24, 2.45) is 23.2 Å². The first-order chi connectivity index (χ1) is 14.0. The molecule has 4 aliphatic rings. The van der Waals surface area contributed by atoms with E-state index in [9.17, 15) is 4.79 Å². The highest BCUT2D eigenvalue weighted by Crippen LogP contribution is 2.61. The first kappa shape index (κ1) is 19.6. The Labute approximate surface area is 183 Å². The van der Waals surface area contributed by atoms with Crippen molar-refractivity contribution >= 4 is 33.6 Å². The number of hydrogen-bond donors (Lipinski definition) is 1. The van der Waals surface area contributed by atoms with Crippen LogP contribution in [0.2, 0.25) is 0 Å². The molecular weight excluding hydrogens is 450 g/mol. The van der Waals surface area contributed by atoms with Gasteiger partial charge in [0.2, 0.25) is 11.8 Å². The Morgan fingerprint density at radius 3 is 2.41 bits per heavy atom. The molecule has 29 heavy (non-hydrogen) atoms. The molecule has 1 heterocycles. The summed E-state index contributed by atoms with van der Waals surface area (Å²) in [5.74, 6) is 3.52. The van der Waals surface area contributed by atoms with Crippen LogP contribution in [-0.4, -0.2) is 27.9 Å². The normalized spacial score (nSPS) is 31.0. The van der Waals surface area contributed by atoms with E-state index in [0.29, 0.717) is 22.3 Å². The van der Waals surface area contributed by atoms with Gasteiger partial charge in [-0.2, -0.15) is 0 Å². The number of carbonyl (C=O) groups is 1. The van der Waals surface area contributed by atoms with Gasteiger partial charge in [-0.3, -0.25) is 4.79 Å². The summed E-state index contributed by atoms with van der Waals surface area (Å²) >= 11 is 4.72. The molecule has 5 nitrogen and oxygen atoms in total. The summed E-state index contributed by atoms with van der Waals surface area (Å²) < 4.78 is 6.71. The van der Waals surface area contributed by atoms with Gasteiger partial charge >= 0.3 is 0 Å². The molecule has 0 saturated heterocycles. The zero-order valence-electron chi connectivity index (χ0n) is 16.6. The molecule has 0 aliphatic heterocycles. The van der Waals surface area contributed by atoms with Crippen molar-refractivity contribution in [1.29, 1.82) is 0 Å². The van der Waals surface area contributed by atoms with Crippen LogP contribution in [0.3, 0.4) is 0 Å². The predicted molar refractivity (Wildman–Crippen MR) is 116 cm³/mol. The second-order valence-corrected chi connectivity index (χ2v) is 11.1. The Hall–Kier alpha value is -1.34. The van der Waals surface area contributed by atoms with Gasteiger partial charge in [-0.25, -0.2) is 0 Å². The summed E-state index contributed by atoms with van der Waals surface area (Å²) in [7, 11) is 0. The lowest BCUT2D eigenvalue weighted by Crippen LogP contribution is -2.56. The lowest BCUT2D eigenvalue weighted by molar-refractivity contribution is -0.123.